The van der Waals surface area contributed by atoms with Crippen molar-refractivity contribution in [2.75, 3.05) is 13.4 Å². The minimum absolute atomic E-state index is 0.189. The van der Waals surface area contributed by atoms with Crippen LogP contribution in [-0.2, 0) is 14.6 Å². The Balaban J connectivity index is 1.85. The lowest BCUT2D eigenvalue weighted by Crippen LogP contribution is -2.68. The van der Waals surface area contributed by atoms with E-state index >= 15 is 0 Å². The molecule has 202 valence electrons. The van der Waals surface area contributed by atoms with Gasteiger partial charge in [-0.3, -0.25) is 0 Å². The average molecular weight is 561 g/mol. The molecule has 0 aliphatic heterocycles. The molecule has 0 spiro atoms. The van der Waals surface area contributed by atoms with Crippen LogP contribution in [0.1, 0.15) is 31.1 Å². The fourth-order valence-corrected chi connectivity index (χ4v) is 9.68. The average Bonchev–Trinajstić information content (AvgIpc) is 2.91. The molecule has 0 saturated carbocycles. The molecule has 0 saturated heterocycles. The second kappa shape index (κ2) is 11.1. The lowest BCUT2D eigenvalue weighted by atomic mass is 10.2. The lowest BCUT2D eigenvalue weighted by molar-refractivity contribution is 0.0600. The highest BCUT2D eigenvalue weighted by atomic mass is 32.2. The number of hydrogen-bond acceptors (Lipinski definition) is 6. The first-order valence-electron chi connectivity index (χ1n) is 12.5. The van der Waals surface area contributed by atoms with Crippen molar-refractivity contribution in [1.82, 2.24) is 0 Å². The molecule has 6 nitrogen and oxygen atoms in total. The molecule has 0 aliphatic carbocycles. The zero-order valence-electron chi connectivity index (χ0n) is 22.7. The number of benzene rings is 4. The van der Waals surface area contributed by atoms with Crippen LogP contribution in [0.2, 0.25) is 5.04 Å². The van der Waals surface area contributed by atoms with E-state index < -0.39 is 24.1 Å². The number of carbonyl (C=O) groups excluding carboxylic acids is 1. The van der Waals surface area contributed by atoms with Gasteiger partial charge in [0.05, 0.1) is 17.6 Å². The van der Waals surface area contributed by atoms with Crippen molar-refractivity contribution in [3.63, 3.8) is 0 Å². The molecule has 0 aromatic heterocycles. The highest BCUT2D eigenvalue weighted by molar-refractivity contribution is 7.90. The van der Waals surface area contributed by atoms with E-state index in [1.165, 1.54) is 19.2 Å². The third-order valence-corrected chi connectivity index (χ3v) is 12.6. The number of esters is 1. The van der Waals surface area contributed by atoms with Gasteiger partial charge < -0.3 is 13.9 Å². The summed E-state index contributed by atoms with van der Waals surface area (Å²) in [6.07, 6.45) is 1.15. The van der Waals surface area contributed by atoms with Crippen LogP contribution in [-0.4, -0.2) is 36.1 Å². The van der Waals surface area contributed by atoms with Crippen molar-refractivity contribution < 1.29 is 27.1 Å². The molecule has 0 atom stereocenters. The van der Waals surface area contributed by atoms with Gasteiger partial charge in [-0.05, 0) is 51.8 Å². The number of rotatable bonds is 8. The number of ether oxygens (including phenoxy) is 2. The van der Waals surface area contributed by atoms with Crippen LogP contribution in [0.25, 0.3) is 0 Å². The van der Waals surface area contributed by atoms with Crippen molar-refractivity contribution in [2.24, 2.45) is 0 Å². The van der Waals surface area contributed by atoms with E-state index in [1.54, 1.807) is 30.3 Å². The monoisotopic (exact) mass is 560 g/mol. The molecule has 0 heterocycles. The van der Waals surface area contributed by atoms with Crippen LogP contribution in [0.4, 0.5) is 0 Å². The maximum atomic E-state index is 12.6. The summed E-state index contributed by atoms with van der Waals surface area (Å²) in [7, 11) is -4.99. The SMILES string of the molecule is COC(=O)c1cc(Oc2ccc(S(C)(=O)=O)cc2)cc(O[Si](c2ccccc2)(c2ccccc2)C(C)(C)C)c1. The Morgan fingerprint density at radius 2 is 1.23 bits per heavy atom. The summed E-state index contributed by atoms with van der Waals surface area (Å²) in [5, 5.41) is 1.89. The second-order valence-corrected chi connectivity index (χ2v) is 16.5. The van der Waals surface area contributed by atoms with Crippen LogP contribution in [0.15, 0.2) is 108 Å². The minimum Gasteiger partial charge on any atom is -0.534 e. The van der Waals surface area contributed by atoms with Crippen LogP contribution >= 0.6 is 0 Å². The highest BCUT2D eigenvalue weighted by Crippen LogP contribution is 2.39. The molecule has 39 heavy (non-hydrogen) atoms. The number of carbonyl (C=O) groups is 1. The molecule has 0 bridgehead atoms. The van der Waals surface area contributed by atoms with Gasteiger partial charge in [-0.2, -0.15) is 0 Å². The van der Waals surface area contributed by atoms with E-state index in [0.29, 0.717) is 17.2 Å². The topological polar surface area (TPSA) is 78.9 Å². The van der Waals surface area contributed by atoms with E-state index in [9.17, 15) is 13.2 Å². The molecule has 0 amide bonds. The van der Waals surface area contributed by atoms with Crippen molar-refractivity contribution >= 4 is 34.5 Å². The summed E-state index contributed by atoms with van der Waals surface area (Å²) < 4.78 is 41.9. The van der Waals surface area contributed by atoms with Crippen molar-refractivity contribution in [3.8, 4) is 17.2 Å². The van der Waals surface area contributed by atoms with Gasteiger partial charge in [-0.1, -0.05) is 81.4 Å². The van der Waals surface area contributed by atoms with Gasteiger partial charge in [-0.25, -0.2) is 13.2 Å². The van der Waals surface area contributed by atoms with Gasteiger partial charge in [0.2, 0.25) is 0 Å². The Labute approximate surface area is 231 Å². The highest BCUT2D eigenvalue weighted by Gasteiger charge is 2.52. The van der Waals surface area contributed by atoms with E-state index in [-0.39, 0.29) is 15.5 Å². The van der Waals surface area contributed by atoms with Crippen LogP contribution in [0, 0.1) is 0 Å². The zero-order valence-corrected chi connectivity index (χ0v) is 24.5. The number of sulfone groups is 1. The first kappa shape index (κ1) is 28.1. The van der Waals surface area contributed by atoms with Crippen LogP contribution in [0.3, 0.4) is 0 Å². The van der Waals surface area contributed by atoms with Gasteiger partial charge in [0.25, 0.3) is 0 Å². The van der Waals surface area contributed by atoms with Gasteiger partial charge in [-0.15, -0.1) is 0 Å². The molecule has 0 unspecified atom stereocenters. The zero-order chi connectivity index (χ0) is 28.3. The van der Waals surface area contributed by atoms with Crippen molar-refractivity contribution in [2.45, 2.75) is 30.7 Å². The fraction of sp³-hybridized carbons (Fsp3) is 0.194. The molecule has 4 rings (SSSR count). The van der Waals surface area contributed by atoms with Crippen LogP contribution in [0.5, 0.6) is 17.2 Å². The summed E-state index contributed by atoms with van der Waals surface area (Å²) in [6, 6.07) is 31.5. The molecular weight excluding hydrogens is 528 g/mol. The summed E-state index contributed by atoms with van der Waals surface area (Å²) in [5.74, 6) is 0.717. The molecule has 8 heteroatoms. The van der Waals surface area contributed by atoms with Gasteiger partial charge in [0.15, 0.2) is 9.84 Å². The molecular formula is C31H32O6SSi. The maximum absolute atomic E-state index is 12.6. The van der Waals surface area contributed by atoms with Crippen LogP contribution < -0.4 is 19.5 Å². The molecule has 4 aromatic rings. The smallest absolute Gasteiger partial charge is 0.338 e. The van der Waals surface area contributed by atoms with Gasteiger partial charge >= 0.3 is 14.3 Å². The van der Waals surface area contributed by atoms with E-state index in [1.807, 2.05) is 36.4 Å². The quantitative estimate of drug-likeness (QED) is 0.206. The largest absolute Gasteiger partial charge is 0.534 e. The summed E-state index contributed by atoms with van der Waals surface area (Å²) in [5.41, 5.74) is 0.274. The third-order valence-electron chi connectivity index (χ3n) is 6.48. The van der Waals surface area contributed by atoms with Gasteiger partial charge in [0, 0.05) is 12.3 Å². The standard InChI is InChI=1S/C31H32O6SSi/c1-31(2,3)39(28-12-8-6-9-13-28,29-14-10-7-11-15-29)37-26-21-23(30(32)35-4)20-25(22-26)36-24-16-18-27(19-17-24)38(5,33)34/h6-22H,1-5H3. The Bertz CT molecular complexity index is 1510. The van der Waals surface area contributed by atoms with Gasteiger partial charge in [0.1, 0.15) is 17.2 Å². The second-order valence-electron chi connectivity index (χ2n) is 10.3. The normalized spacial score (nSPS) is 12.0. The third kappa shape index (κ3) is 6.07. The first-order valence-corrected chi connectivity index (χ1v) is 16.3. The van der Waals surface area contributed by atoms with E-state index in [0.717, 1.165) is 16.6 Å². The summed E-state index contributed by atoms with van der Waals surface area (Å²) >= 11 is 0. The minimum atomic E-state index is -3.34. The number of hydrogen-bond donors (Lipinski definition) is 0. The predicted octanol–water partition coefficient (Wildman–Crippen LogP) is 5.61. The molecule has 0 N–H and O–H groups in total. The predicted molar refractivity (Wildman–Crippen MR) is 156 cm³/mol. The molecule has 0 radical (unpaired) electrons. The molecule has 0 aliphatic rings. The Kier molecular flexibility index (Phi) is 7.99. The van der Waals surface area contributed by atoms with Crippen molar-refractivity contribution in [1.29, 1.82) is 0 Å². The fourth-order valence-electron chi connectivity index (χ4n) is 4.64. The molecule has 4 aromatic carbocycles. The van der Waals surface area contributed by atoms with E-state index in [2.05, 4.69) is 45.0 Å². The Morgan fingerprint density at radius 3 is 1.69 bits per heavy atom. The first-order chi connectivity index (χ1) is 18.4. The number of methoxy groups -OCH3 is 1. The van der Waals surface area contributed by atoms with Crippen molar-refractivity contribution in [3.05, 3.63) is 109 Å². The Morgan fingerprint density at radius 1 is 0.718 bits per heavy atom. The van der Waals surface area contributed by atoms with E-state index in [4.69, 9.17) is 13.9 Å². The summed E-state index contributed by atoms with van der Waals surface area (Å²) in [6.45, 7) is 6.51. The lowest BCUT2D eigenvalue weighted by Gasteiger charge is -2.43. The summed E-state index contributed by atoms with van der Waals surface area (Å²) in [4.78, 5) is 12.8. The Hall–Kier alpha value is -3.88. The maximum Gasteiger partial charge on any atom is 0.338 e. The molecule has 0 fully saturated rings.